The molecule has 0 fully saturated rings. The van der Waals surface area contributed by atoms with Crippen molar-refractivity contribution < 1.29 is 9.18 Å². The molecule has 0 bridgehead atoms. The van der Waals surface area contributed by atoms with Gasteiger partial charge in [0.25, 0.3) is 5.91 Å². The molecule has 4 heteroatoms. The maximum absolute atomic E-state index is 13.1. The van der Waals surface area contributed by atoms with Gasteiger partial charge >= 0.3 is 0 Å². The zero-order valence-electron chi connectivity index (χ0n) is 11.9. The lowest BCUT2D eigenvalue weighted by atomic mass is 10.1. The fraction of sp³-hybridized carbons (Fsp3) is 0.111. The SMILES string of the molecule is O=C(NCCc1cccc(F)c1)c1ccnc2ccccc12. The van der Waals surface area contributed by atoms with E-state index in [0.29, 0.717) is 18.5 Å². The van der Waals surface area contributed by atoms with Crippen molar-refractivity contribution in [2.45, 2.75) is 6.42 Å². The Balaban J connectivity index is 1.69. The van der Waals surface area contributed by atoms with Crippen LogP contribution in [-0.2, 0) is 6.42 Å². The maximum atomic E-state index is 13.1. The molecule has 1 heterocycles. The van der Waals surface area contributed by atoms with E-state index in [9.17, 15) is 9.18 Å². The van der Waals surface area contributed by atoms with E-state index >= 15 is 0 Å². The number of carbonyl (C=O) groups excluding carboxylic acids is 1. The van der Waals surface area contributed by atoms with E-state index in [2.05, 4.69) is 10.3 Å². The molecule has 1 aromatic heterocycles. The van der Waals surface area contributed by atoms with Crippen LogP contribution in [0.4, 0.5) is 4.39 Å². The highest BCUT2D eigenvalue weighted by Gasteiger charge is 2.09. The van der Waals surface area contributed by atoms with E-state index in [0.717, 1.165) is 16.5 Å². The van der Waals surface area contributed by atoms with E-state index in [1.165, 1.54) is 12.1 Å². The average Bonchev–Trinajstić information content (AvgIpc) is 2.54. The Morgan fingerprint density at radius 2 is 1.95 bits per heavy atom. The fourth-order valence-corrected chi connectivity index (χ4v) is 2.40. The van der Waals surface area contributed by atoms with Gasteiger partial charge in [-0.1, -0.05) is 30.3 Å². The van der Waals surface area contributed by atoms with Gasteiger partial charge in [-0.3, -0.25) is 9.78 Å². The Morgan fingerprint density at radius 1 is 1.09 bits per heavy atom. The van der Waals surface area contributed by atoms with Crippen molar-refractivity contribution >= 4 is 16.8 Å². The molecule has 1 amide bonds. The van der Waals surface area contributed by atoms with Crippen molar-refractivity contribution in [3.05, 3.63) is 77.7 Å². The molecular formula is C18H15FN2O. The van der Waals surface area contributed by atoms with Crippen LogP contribution in [-0.4, -0.2) is 17.4 Å². The van der Waals surface area contributed by atoms with Crippen LogP contribution in [0, 0.1) is 5.82 Å². The fourth-order valence-electron chi connectivity index (χ4n) is 2.40. The number of amides is 1. The lowest BCUT2D eigenvalue weighted by Gasteiger charge is -2.08. The van der Waals surface area contributed by atoms with Gasteiger partial charge in [-0.15, -0.1) is 0 Å². The molecule has 0 aliphatic rings. The average molecular weight is 294 g/mol. The highest BCUT2D eigenvalue weighted by atomic mass is 19.1. The highest BCUT2D eigenvalue weighted by Crippen LogP contribution is 2.15. The van der Waals surface area contributed by atoms with Gasteiger partial charge in [-0.25, -0.2) is 4.39 Å². The van der Waals surface area contributed by atoms with Crippen LogP contribution in [0.25, 0.3) is 10.9 Å². The van der Waals surface area contributed by atoms with Crippen molar-refractivity contribution in [2.75, 3.05) is 6.54 Å². The van der Waals surface area contributed by atoms with Gasteiger partial charge in [0.1, 0.15) is 5.82 Å². The minimum atomic E-state index is -0.260. The number of benzene rings is 2. The number of halogens is 1. The molecule has 3 rings (SSSR count). The molecule has 1 N–H and O–H groups in total. The first kappa shape index (κ1) is 14.2. The molecule has 2 aromatic carbocycles. The van der Waals surface area contributed by atoms with E-state index in [-0.39, 0.29) is 11.7 Å². The number of hydrogen-bond acceptors (Lipinski definition) is 2. The van der Waals surface area contributed by atoms with Crippen molar-refractivity contribution in [2.24, 2.45) is 0 Å². The third-order valence-corrected chi connectivity index (χ3v) is 3.48. The predicted molar refractivity (Wildman–Crippen MR) is 84.2 cm³/mol. The van der Waals surface area contributed by atoms with Gasteiger partial charge in [0.15, 0.2) is 0 Å². The molecule has 0 aliphatic carbocycles. The second-order valence-electron chi connectivity index (χ2n) is 5.01. The summed E-state index contributed by atoms with van der Waals surface area (Å²) in [5.74, 6) is -0.404. The number of pyridine rings is 1. The van der Waals surface area contributed by atoms with Crippen LogP contribution in [0.1, 0.15) is 15.9 Å². The van der Waals surface area contributed by atoms with Crippen LogP contribution in [0.3, 0.4) is 0 Å². The molecule has 3 aromatic rings. The topological polar surface area (TPSA) is 42.0 Å². The third kappa shape index (κ3) is 3.11. The van der Waals surface area contributed by atoms with E-state index in [4.69, 9.17) is 0 Å². The van der Waals surface area contributed by atoms with Gasteiger partial charge in [0.05, 0.1) is 11.1 Å². The zero-order chi connectivity index (χ0) is 15.4. The van der Waals surface area contributed by atoms with Crippen molar-refractivity contribution in [3.8, 4) is 0 Å². The lowest BCUT2D eigenvalue weighted by molar-refractivity contribution is 0.0955. The summed E-state index contributed by atoms with van der Waals surface area (Å²) >= 11 is 0. The largest absolute Gasteiger partial charge is 0.352 e. The Morgan fingerprint density at radius 3 is 2.82 bits per heavy atom. The molecular weight excluding hydrogens is 279 g/mol. The Kier molecular flexibility index (Phi) is 4.10. The summed E-state index contributed by atoms with van der Waals surface area (Å²) in [4.78, 5) is 16.5. The Hall–Kier alpha value is -2.75. The highest BCUT2D eigenvalue weighted by molar-refractivity contribution is 6.05. The number of rotatable bonds is 4. The molecule has 22 heavy (non-hydrogen) atoms. The molecule has 0 radical (unpaired) electrons. The van der Waals surface area contributed by atoms with Gasteiger partial charge in [0, 0.05) is 18.1 Å². The van der Waals surface area contributed by atoms with Gasteiger partial charge in [-0.2, -0.15) is 0 Å². The minimum absolute atomic E-state index is 0.144. The van der Waals surface area contributed by atoms with Gasteiger partial charge in [-0.05, 0) is 36.2 Å². The van der Waals surface area contributed by atoms with E-state index in [1.807, 2.05) is 30.3 Å². The smallest absolute Gasteiger partial charge is 0.252 e. The molecule has 110 valence electrons. The quantitative estimate of drug-likeness (QED) is 0.802. The first-order valence-electron chi connectivity index (χ1n) is 7.10. The molecule has 0 saturated heterocycles. The number of fused-ring (bicyclic) bond motifs is 1. The van der Waals surface area contributed by atoms with Crippen molar-refractivity contribution in [1.29, 1.82) is 0 Å². The standard InChI is InChI=1S/C18H15FN2O/c19-14-5-3-4-13(12-14)8-10-21-18(22)16-9-11-20-17-7-2-1-6-15(16)17/h1-7,9,11-12H,8,10H2,(H,21,22). The predicted octanol–water partition coefficient (Wildman–Crippen LogP) is 3.35. The Labute approximate surface area is 127 Å². The number of carbonyl (C=O) groups is 1. The monoisotopic (exact) mass is 294 g/mol. The molecule has 0 aliphatic heterocycles. The summed E-state index contributed by atoms with van der Waals surface area (Å²) in [5.41, 5.74) is 2.25. The van der Waals surface area contributed by atoms with Crippen LogP contribution >= 0.6 is 0 Å². The van der Waals surface area contributed by atoms with Crippen LogP contribution in [0.15, 0.2) is 60.8 Å². The number of nitrogens with one attached hydrogen (secondary N) is 1. The normalized spacial score (nSPS) is 10.6. The molecule has 0 saturated carbocycles. The Bertz CT molecular complexity index is 812. The summed E-state index contributed by atoms with van der Waals surface area (Å²) in [6.45, 7) is 0.457. The number of nitrogens with zero attached hydrogens (tertiary/aromatic N) is 1. The summed E-state index contributed by atoms with van der Waals surface area (Å²) in [6.07, 6.45) is 2.22. The second-order valence-corrected chi connectivity index (χ2v) is 5.01. The maximum Gasteiger partial charge on any atom is 0.252 e. The summed E-state index contributed by atoms with van der Waals surface area (Å²) in [6, 6.07) is 15.6. The number of aromatic nitrogens is 1. The second kappa shape index (κ2) is 6.35. The van der Waals surface area contributed by atoms with Crippen LogP contribution in [0.5, 0.6) is 0 Å². The summed E-state index contributed by atoms with van der Waals surface area (Å²) < 4.78 is 13.1. The molecule has 0 spiro atoms. The minimum Gasteiger partial charge on any atom is -0.352 e. The first-order valence-corrected chi connectivity index (χ1v) is 7.10. The number of hydrogen-bond donors (Lipinski definition) is 1. The first-order chi connectivity index (χ1) is 10.7. The molecule has 0 unspecified atom stereocenters. The third-order valence-electron chi connectivity index (χ3n) is 3.48. The van der Waals surface area contributed by atoms with E-state index < -0.39 is 0 Å². The van der Waals surface area contributed by atoms with Crippen LogP contribution in [0.2, 0.25) is 0 Å². The lowest BCUT2D eigenvalue weighted by Crippen LogP contribution is -2.26. The van der Waals surface area contributed by atoms with Gasteiger partial charge in [0.2, 0.25) is 0 Å². The van der Waals surface area contributed by atoms with Gasteiger partial charge < -0.3 is 5.32 Å². The molecule has 3 nitrogen and oxygen atoms in total. The zero-order valence-corrected chi connectivity index (χ0v) is 11.9. The van der Waals surface area contributed by atoms with Crippen molar-refractivity contribution in [1.82, 2.24) is 10.3 Å². The molecule has 0 atom stereocenters. The van der Waals surface area contributed by atoms with E-state index in [1.54, 1.807) is 18.3 Å². The summed E-state index contributed by atoms with van der Waals surface area (Å²) in [5, 5.41) is 3.70. The number of para-hydroxylation sites is 1. The van der Waals surface area contributed by atoms with Crippen molar-refractivity contribution in [3.63, 3.8) is 0 Å². The summed E-state index contributed by atoms with van der Waals surface area (Å²) in [7, 11) is 0. The van der Waals surface area contributed by atoms with Crippen LogP contribution < -0.4 is 5.32 Å².